The average molecular weight is 639 g/mol. The van der Waals surface area contributed by atoms with Gasteiger partial charge in [-0.3, -0.25) is 4.79 Å². The van der Waals surface area contributed by atoms with E-state index in [1.807, 2.05) is 25.2 Å². The Bertz CT molecular complexity index is 1580. The van der Waals surface area contributed by atoms with Gasteiger partial charge >= 0.3 is 12.0 Å². The molecule has 1 unspecified atom stereocenters. The third kappa shape index (κ3) is 7.31. The highest BCUT2D eigenvalue weighted by Gasteiger charge is 2.32. The molecule has 0 N–H and O–H groups in total. The number of aromatic nitrogens is 2. The van der Waals surface area contributed by atoms with Crippen LogP contribution in [-0.2, 0) is 27.3 Å². The van der Waals surface area contributed by atoms with Gasteiger partial charge in [0.2, 0.25) is 5.91 Å². The van der Waals surface area contributed by atoms with Gasteiger partial charge in [-0.2, -0.15) is 9.97 Å². The minimum atomic E-state index is -0.569. The van der Waals surface area contributed by atoms with Crippen LogP contribution < -0.4 is 14.5 Å². The topological polar surface area (TPSA) is 91.3 Å². The van der Waals surface area contributed by atoms with Crippen molar-refractivity contribution in [3.05, 3.63) is 64.6 Å². The Morgan fingerprint density at radius 2 is 1.84 bits per heavy atom. The molecule has 45 heavy (non-hydrogen) atoms. The number of likely N-dealkylation sites (N-methyl/N-ethyl adjacent to an activating group) is 1. The van der Waals surface area contributed by atoms with E-state index in [2.05, 4.69) is 36.5 Å². The first kappa shape index (κ1) is 32.4. The third-order valence-electron chi connectivity index (χ3n) is 8.71. The van der Waals surface area contributed by atoms with Crippen molar-refractivity contribution in [1.29, 1.82) is 0 Å². The Kier molecular flexibility index (Phi) is 10.4. The number of rotatable bonds is 6. The van der Waals surface area contributed by atoms with E-state index in [1.165, 1.54) is 52.3 Å². The summed E-state index contributed by atoms with van der Waals surface area (Å²) in [4.78, 5) is 41.5. The van der Waals surface area contributed by atoms with Gasteiger partial charge in [0, 0.05) is 61.5 Å². The zero-order valence-electron chi connectivity index (χ0n) is 26.3. The molecule has 6 rings (SSSR count). The molecule has 3 aromatic rings. The van der Waals surface area contributed by atoms with E-state index in [1.54, 1.807) is 11.0 Å². The number of nitrogens with zero attached hydrogens (tertiary/aromatic N) is 6. The van der Waals surface area contributed by atoms with Gasteiger partial charge in [-0.25, -0.2) is 9.18 Å². The predicted octanol–water partition coefficient (Wildman–Crippen LogP) is 4.47. The van der Waals surface area contributed by atoms with Crippen molar-refractivity contribution in [2.75, 3.05) is 70.8 Å². The number of methoxy groups -OCH3 is 2. The molecule has 2 fully saturated rings. The summed E-state index contributed by atoms with van der Waals surface area (Å²) in [5, 5.41) is 1.65. The summed E-state index contributed by atoms with van der Waals surface area (Å²) in [6.45, 7) is 4.85. The monoisotopic (exact) mass is 638 g/mol. The summed E-state index contributed by atoms with van der Waals surface area (Å²) in [5.41, 5.74) is 2.69. The lowest BCUT2D eigenvalue weighted by atomic mass is 10.0. The summed E-state index contributed by atoms with van der Waals surface area (Å²) in [6, 6.07) is 9.21. The maximum atomic E-state index is 14.4. The summed E-state index contributed by atoms with van der Waals surface area (Å²) in [7, 11) is 6.94. The molecule has 12 heteroatoms. The first-order valence-corrected chi connectivity index (χ1v) is 15.6. The maximum absolute atomic E-state index is 14.4. The van der Waals surface area contributed by atoms with Gasteiger partial charge < -0.3 is 29.1 Å². The van der Waals surface area contributed by atoms with Crippen LogP contribution in [0.5, 0.6) is 6.01 Å². The number of ether oxygens (including phenoxy) is 2. The number of benzene rings is 2. The van der Waals surface area contributed by atoms with Crippen molar-refractivity contribution in [3.63, 3.8) is 0 Å². The summed E-state index contributed by atoms with van der Waals surface area (Å²) in [5.74, 6) is -0.491. The van der Waals surface area contributed by atoms with Gasteiger partial charge in [0.25, 0.3) is 0 Å². The molecule has 1 aromatic heterocycles. The first-order chi connectivity index (χ1) is 21.7. The van der Waals surface area contributed by atoms with E-state index >= 15 is 0 Å². The molecule has 1 amide bonds. The van der Waals surface area contributed by atoms with Crippen LogP contribution in [0.4, 0.5) is 15.9 Å². The fourth-order valence-electron chi connectivity index (χ4n) is 6.15. The van der Waals surface area contributed by atoms with E-state index in [4.69, 9.17) is 16.3 Å². The van der Waals surface area contributed by atoms with Crippen molar-refractivity contribution in [1.82, 2.24) is 19.8 Å². The minimum absolute atomic E-state index is 0.0297. The van der Waals surface area contributed by atoms with Crippen LogP contribution in [0.2, 0.25) is 5.02 Å². The molecular formula is C33H40ClFN6O4. The highest BCUT2D eigenvalue weighted by atomic mass is 35.5. The van der Waals surface area contributed by atoms with Crippen LogP contribution in [-0.4, -0.2) is 98.7 Å². The van der Waals surface area contributed by atoms with E-state index in [-0.39, 0.29) is 23.0 Å². The lowest BCUT2D eigenvalue weighted by Crippen LogP contribution is -2.39. The number of hydrogen-bond acceptors (Lipinski definition) is 9. The second kappa shape index (κ2) is 14.4. The van der Waals surface area contributed by atoms with Crippen molar-refractivity contribution < 1.29 is 23.5 Å². The summed E-state index contributed by atoms with van der Waals surface area (Å²) in [6.07, 6.45) is 6.62. The number of anilines is 2. The number of halogens is 2. The van der Waals surface area contributed by atoms with Crippen LogP contribution in [0.15, 0.2) is 42.5 Å². The fourth-order valence-corrected chi connectivity index (χ4v) is 6.42. The van der Waals surface area contributed by atoms with Gasteiger partial charge in [0.1, 0.15) is 11.6 Å². The van der Waals surface area contributed by atoms with Gasteiger partial charge in [-0.15, -0.1) is 0 Å². The molecule has 3 aliphatic heterocycles. The normalized spacial score (nSPS) is 18.1. The van der Waals surface area contributed by atoms with Crippen molar-refractivity contribution in [2.24, 2.45) is 0 Å². The Morgan fingerprint density at radius 3 is 2.53 bits per heavy atom. The molecule has 1 atom stereocenters. The average Bonchev–Trinajstić information content (AvgIpc) is 3.76. The summed E-state index contributed by atoms with van der Waals surface area (Å²) >= 11 is 6.41. The molecule has 0 radical (unpaired) electrons. The van der Waals surface area contributed by atoms with Crippen LogP contribution in [0.3, 0.4) is 0 Å². The van der Waals surface area contributed by atoms with Crippen molar-refractivity contribution in [2.45, 2.75) is 38.3 Å². The third-order valence-corrected chi connectivity index (χ3v) is 9.08. The standard InChI is InChI=1S/C28H29ClFN5O4.C5H11N/c1-33(18-11-13-35(15-18)23(36)9-10-24(37)38-2)27-19-12-14-34(16-21(19)31-28(32-27)39-3)22-6-4-5-17-7-8-20(30)26(29)25(17)22;1-6-4-2-3-5-6/h4-10,18H,11-16H2,1-3H3;2-5H2,1H3/b10-9+;. The molecule has 4 heterocycles. The predicted molar refractivity (Wildman–Crippen MR) is 174 cm³/mol. The largest absolute Gasteiger partial charge is 0.467 e. The second-order valence-electron chi connectivity index (χ2n) is 11.6. The molecular weight excluding hydrogens is 599 g/mol. The molecule has 240 valence electrons. The molecule has 10 nitrogen and oxygen atoms in total. The first-order valence-electron chi connectivity index (χ1n) is 15.2. The van der Waals surface area contributed by atoms with E-state index in [0.29, 0.717) is 38.0 Å². The lowest BCUT2D eigenvalue weighted by molar-refractivity contribution is -0.135. The van der Waals surface area contributed by atoms with Crippen LogP contribution >= 0.6 is 11.6 Å². The number of hydrogen-bond donors (Lipinski definition) is 0. The van der Waals surface area contributed by atoms with Gasteiger partial charge in [0.05, 0.1) is 31.5 Å². The molecule has 0 spiro atoms. The Hall–Kier alpha value is -3.96. The van der Waals surface area contributed by atoms with Gasteiger partial charge in [-0.1, -0.05) is 29.8 Å². The van der Waals surface area contributed by atoms with Gasteiger partial charge in [0.15, 0.2) is 0 Å². The van der Waals surface area contributed by atoms with Crippen LogP contribution in [0.1, 0.15) is 30.5 Å². The molecule has 2 saturated heterocycles. The number of fused-ring (bicyclic) bond motifs is 2. The highest BCUT2D eigenvalue weighted by molar-refractivity contribution is 6.36. The smallest absolute Gasteiger partial charge is 0.330 e. The minimum Gasteiger partial charge on any atom is -0.467 e. The SMILES string of the molecule is CN1CCCC1.COC(=O)/C=C/C(=O)N1CCC(N(C)c2nc(OC)nc3c2CCN(c2cccc4ccc(F)c(Cl)c24)C3)C1. The zero-order chi connectivity index (χ0) is 32.1. The molecule has 0 bridgehead atoms. The number of amides is 1. The van der Waals surface area contributed by atoms with Crippen molar-refractivity contribution >= 4 is 45.8 Å². The maximum Gasteiger partial charge on any atom is 0.330 e. The molecule has 0 saturated carbocycles. The molecule has 0 aliphatic carbocycles. The number of esters is 1. The number of carbonyl (C=O) groups is 2. The Balaban J connectivity index is 0.000000598. The Labute approximate surface area is 268 Å². The lowest BCUT2D eigenvalue weighted by Gasteiger charge is -2.34. The number of likely N-dealkylation sites (tertiary alicyclic amines) is 2. The van der Waals surface area contributed by atoms with E-state index < -0.39 is 11.8 Å². The second-order valence-corrected chi connectivity index (χ2v) is 11.9. The van der Waals surface area contributed by atoms with E-state index in [0.717, 1.165) is 40.6 Å². The fraction of sp³-hybridized carbons (Fsp3) is 0.455. The van der Waals surface area contributed by atoms with Crippen LogP contribution in [0.25, 0.3) is 10.8 Å². The molecule has 2 aromatic carbocycles. The highest BCUT2D eigenvalue weighted by Crippen LogP contribution is 2.38. The number of carbonyl (C=O) groups excluding carboxylic acids is 2. The van der Waals surface area contributed by atoms with E-state index in [9.17, 15) is 14.0 Å². The molecule has 3 aliphatic rings. The summed E-state index contributed by atoms with van der Waals surface area (Å²) < 4.78 is 24.4. The quantitative estimate of drug-likeness (QED) is 0.286. The Morgan fingerprint density at radius 1 is 1.07 bits per heavy atom. The van der Waals surface area contributed by atoms with Gasteiger partial charge in [-0.05, 0) is 63.3 Å². The zero-order valence-corrected chi connectivity index (χ0v) is 27.0. The van der Waals surface area contributed by atoms with Crippen LogP contribution in [0, 0.1) is 5.82 Å². The van der Waals surface area contributed by atoms with Crippen molar-refractivity contribution in [3.8, 4) is 6.01 Å².